The van der Waals surface area contributed by atoms with E-state index >= 15 is 0 Å². The molecule has 3 aromatic carbocycles. The van der Waals surface area contributed by atoms with Gasteiger partial charge in [0.25, 0.3) is 0 Å². The van der Waals surface area contributed by atoms with E-state index in [2.05, 4.69) is 18.4 Å². The second kappa shape index (κ2) is 9.41. The minimum absolute atomic E-state index is 0.287. The molecule has 5 rings (SSSR count). The van der Waals surface area contributed by atoms with Crippen molar-refractivity contribution in [2.24, 2.45) is 0 Å². The molecule has 0 spiro atoms. The van der Waals surface area contributed by atoms with E-state index in [-0.39, 0.29) is 12.1 Å². The summed E-state index contributed by atoms with van der Waals surface area (Å²) < 4.78 is 27.3. The molecule has 35 heavy (non-hydrogen) atoms. The Morgan fingerprint density at radius 1 is 0.971 bits per heavy atom. The predicted octanol–water partition coefficient (Wildman–Crippen LogP) is 8.05. The average Bonchev–Trinajstić information content (AvgIpc) is 3.43. The van der Waals surface area contributed by atoms with Gasteiger partial charge in [-0.1, -0.05) is 60.9 Å². The first-order chi connectivity index (χ1) is 16.7. The van der Waals surface area contributed by atoms with Crippen molar-refractivity contribution in [2.75, 3.05) is 0 Å². The maximum atomic E-state index is 13.7. The van der Waals surface area contributed by atoms with E-state index in [1.165, 1.54) is 12.1 Å². The number of ether oxygens (including phenoxy) is 2. The molecule has 0 bridgehead atoms. The van der Waals surface area contributed by atoms with Gasteiger partial charge in [0.05, 0.1) is 21.9 Å². The zero-order valence-corrected chi connectivity index (χ0v) is 21.7. The summed E-state index contributed by atoms with van der Waals surface area (Å²) in [5.41, 5.74) is 3.45. The van der Waals surface area contributed by atoms with Gasteiger partial charge in [-0.25, -0.2) is 9.37 Å². The van der Waals surface area contributed by atoms with Crippen molar-refractivity contribution < 1.29 is 13.9 Å². The largest absolute Gasteiger partial charge is 0.451 e. The highest BCUT2D eigenvalue weighted by atomic mass is 35.5. The van der Waals surface area contributed by atoms with Crippen LogP contribution in [-0.2, 0) is 11.2 Å². The summed E-state index contributed by atoms with van der Waals surface area (Å²) in [5.74, 6) is 1.83. The van der Waals surface area contributed by atoms with Gasteiger partial charge in [0.1, 0.15) is 5.82 Å². The van der Waals surface area contributed by atoms with Crippen molar-refractivity contribution in [3.8, 4) is 17.2 Å². The number of halogens is 3. The van der Waals surface area contributed by atoms with E-state index in [1.54, 1.807) is 30.0 Å². The van der Waals surface area contributed by atoms with Crippen LogP contribution >= 0.6 is 35.0 Å². The molecule has 180 valence electrons. The standard InChI is InChI=1S/C27H23Cl2FN2O2S/c1-16-33-23-11-5-18(13-24(23)34-16)27(2,3)25-14-31-26(32(25)20-8-6-19(30)7-9-20)35-15-17-4-10-21(28)22(29)12-17/h4-14,16H,15H2,1-3H3. The molecular weight excluding hydrogens is 506 g/mol. The summed E-state index contributed by atoms with van der Waals surface area (Å²) >= 11 is 13.8. The molecule has 4 aromatic rings. The predicted molar refractivity (Wildman–Crippen MR) is 139 cm³/mol. The molecular formula is C27H23Cl2FN2O2S. The van der Waals surface area contributed by atoms with Crippen molar-refractivity contribution in [2.45, 2.75) is 43.4 Å². The summed E-state index contributed by atoms with van der Waals surface area (Å²) in [6.07, 6.45) is 1.57. The van der Waals surface area contributed by atoms with Gasteiger partial charge >= 0.3 is 0 Å². The molecule has 2 heterocycles. The van der Waals surface area contributed by atoms with Crippen LogP contribution in [0.3, 0.4) is 0 Å². The first-order valence-corrected chi connectivity index (χ1v) is 12.9. The Hall–Kier alpha value is -2.67. The van der Waals surface area contributed by atoms with Crippen LogP contribution in [0.25, 0.3) is 5.69 Å². The van der Waals surface area contributed by atoms with Crippen molar-refractivity contribution in [3.63, 3.8) is 0 Å². The quantitative estimate of drug-likeness (QED) is 0.237. The minimum Gasteiger partial charge on any atom is -0.451 e. The Balaban J connectivity index is 1.54. The SMILES string of the molecule is CC1Oc2ccc(C(C)(C)c3cnc(SCc4ccc(Cl)c(Cl)c4)n3-c3ccc(F)cc3)cc2O1. The Morgan fingerprint density at radius 3 is 2.46 bits per heavy atom. The summed E-state index contributed by atoms with van der Waals surface area (Å²) in [6.45, 7) is 6.14. The first kappa shape index (κ1) is 24.0. The van der Waals surface area contributed by atoms with E-state index in [1.807, 2.05) is 43.5 Å². The smallest absolute Gasteiger partial charge is 0.238 e. The summed E-state index contributed by atoms with van der Waals surface area (Å²) in [5, 5.41) is 1.83. The monoisotopic (exact) mass is 528 g/mol. The van der Waals surface area contributed by atoms with Crippen LogP contribution in [0.15, 0.2) is 72.0 Å². The number of nitrogens with zero attached hydrogens (tertiary/aromatic N) is 2. The number of imidazole rings is 1. The Labute approximate surface area is 218 Å². The van der Waals surface area contributed by atoms with Crippen LogP contribution in [-0.4, -0.2) is 15.8 Å². The molecule has 8 heteroatoms. The molecule has 0 radical (unpaired) electrons. The van der Waals surface area contributed by atoms with E-state index in [0.717, 1.165) is 39.2 Å². The summed E-state index contributed by atoms with van der Waals surface area (Å²) in [4.78, 5) is 4.76. The Bertz CT molecular complexity index is 1390. The van der Waals surface area contributed by atoms with Gasteiger partial charge in [0.15, 0.2) is 16.7 Å². The van der Waals surface area contributed by atoms with Gasteiger partial charge in [-0.05, 0) is 59.7 Å². The third-order valence-electron chi connectivity index (χ3n) is 6.06. The Kier molecular flexibility index (Phi) is 6.47. The highest BCUT2D eigenvalue weighted by Crippen LogP contribution is 2.42. The number of thioether (sulfide) groups is 1. The molecule has 4 nitrogen and oxygen atoms in total. The van der Waals surface area contributed by atoms with Crippen molar-refractivity contribution in [1.29, 1.82) is 0 Å². The number of benzene rings is 3. The molecule has 0 fully saturated rings. The second-order valence-corrected chi connectivity index (χ2v) is 10.6. The van der Waals surface area contributed by atoms with Crippen molar-refractivity contribution >= 4 is 35.0 Å². The Morgan fingerprint density at radius 2 is 1.71 bits per heavy atom. The fraction of sp³-hybridized carbons (Fsp3) is 0.222. The molecule has 1 aromatic heterocycles. The average molecular weight is 529 g/mol. The van der Waals surface area contributed by atoms with E-state index < -0.39 is 5.41 Å². The maximum absolute atomic E-state index is 13.7. The number of hydrogen-bond donors (Lipinski definition) is 0. The van der Waals surface area contributed by atoms with Crippen LogP contribution in [0.2, 0.25) is 10.0 Å². The normalized spacial score (nSPS) is 15.0. The summed E-state index contributed by atoms with van der Waals surface area (Å²) in [7, 11) is 0. The topological polar surface area (TPSA) is 36.3 Å². The first-order valence-electron chi connectivity index (χ1n) is 11.1. The molecule has 1 aliphatic heterocycles. The molecule has 1 aliphatic rings. The lowest BCUT2D eigenvalue weighted by atomic mass is 9.81. The van der Waals surface area contributed by atoms with E-state index in [0.29, 0.717) is 15.8 Å². The molecule has 0 N–H and O–H groups in total. The zero-order chi connectivity index (χ0) is 24.7. The van der Waals surface area contributed by atoms with Gasteiger partial charge in [-0.15, -0.1) is 0 Å². The van der Waals surface area contributed by atoms with Gasteiger partial charge in [-0.2, -0.15) is 0 Å². The molecule has 0 saturated heterocycles. The number of aromatic nitrogens is 2. The second-order valence-electron chi connectivity index (χ2n) is 8.86. The molecule has 0 saturated carbocycles. The van der Waals surface area contributed by atoms with E-state index in [9.17, 15) is 4.39 Å². The third kappa shape index (κ3) is 4.75. The fourth-order valence-corrected chi connectivity index (χ4v) is 5.37. The number of rotatable bonds is 6. The van der Waals surface area contributed by atoms with Crippen molar-refractivity contribution in [3.05, 3.63) is 99.5 Å². The molecule has 1 atom stereocenters. The number of hydrogen-bond acceptors (Lipinski definition) is 4. The van der Waals surface area contributed by atoms with E-state index in [4.69, 9.17) is 37.7 Å². The highest BCUT2D eigenvalue weighted by molar-refractivity contribution is 7.98. The lowest BCUT2D eigenvalue weighted by molar-refractivity contribution is 0.0678. The van der Waals surface area contributed by atoms with Gasteiger partial charge in [0.2, 0.25) is 6.29 Å². The lowest BCUT2D eigenvalue weighted by Crippen LogP contribution is -2.23. The fourth-order valence-electron chi connectivity index (χ4n) is 4.11. The molecule has 0 amide bonds. The minimum atomic E-state index is -0.437. The maximum Gasteiger partial charge on any atom is 0.238 e. The van der Waals surface area contributed by atoms with Crippen LogP contribution in [0, 0.1) is 5.82 Å². The van der Waals surface area contributed by atoms with Gasteiger partial charge < -0.3 is 9.47 Å². The highest BCUT2D eigenvalue weighted by Gasteiger charge is 2.32. The number of fused-ring (bicyclic) bond motifs is 1. The van der Waals surface area contributed by atoms with Crippen molar-refractivity contribution in [1.82, 2.24) is 9.55 Å². The summed E-state index contributed by atoms with van der Waals surface area (Å²) in [6, 6.07) is 18.1. The lowest BCUT2D eigenvalue weighted by Gasteiger charge is -2.27. The van der Waals surface area contributed by atoms with Crippen LogP contribution in [0.4, 0.5) is 4.39 Å². The molecule has 0 aliphatic carbocycles. The van der Waals surface area contributed by atoms with Crippen LogP contribution in [0.1, 0.15) is 37.6 Å². The zero-order valence-electron chi connectivity index (χ0n) is 19.4. The third-order valence-corrected chi connectivity index (χ3v) is 7.82. The molecule has 1 unspecified atom stereocenters. The van der Waals surface area contributed by atoms with Gasteiger partial charge in [0, 0.05) is 23.8 Å². The van der Waals surface area contributed by atoms with Gasteiger partial charge in [-0.3, -0.25) is 4.57 Å². The van der Waals surface area contributed by atoms with Crippen LogP contribution < -0.4 is 9.47 Å². The van der Waals surface area contributed by atoms with Crippen LogP contribution in [0.5, 0.6) is 11.5 Å².